The highest BCUT2D eigenvalue weighted by Crippen LogP contribution is 2.26. The van der Waals surface area contributed by atoms with Crippen LogP contribution in [0.3, 0.4) is 0 Å². The van der Waals surface area contributed by atoms with Crippen LogP contribution in [-0.2, 0) is 9.53 Å². The van der Waals surface area contributed by atoms with Crippen LogP contribution in [0.2, 0.25) is 0 Å². The number of ether oxygens (including phenoxy) is 1. The molecule has 4 nitrogen and oxygen atoms in total. The first-order valence-corrected chi connectivity index (χ1v) is 7.79. The SMILES string of the molecule is Cc1ccccc1[C@@H](CC(=O)N1CCOCC1)n1cccc1. The number of rotatable bonds is 4. The van der Waals surface area contributed by atoms with Crippen molar-refractivity contribution in [2.45, 2.75) is 19.4 Å². The molecule has 1 amide bonds. The fourth-order valence-electron chi connectivity index (χ4n) is 3.00. The van der Waals surface area contributed by atoms with Crippen LogP contribution < -0.4 is 0 Å². The number of morpholine rings is 1. The molecule has 0 spiro atoms. The van der Waals surface area contributed by atoms with Crippen LogP contribution >= 0.6 is 0 Å². The van der Waals surface area contributed by atoms with Gasteiger partial charge in [-0.25, -0.2) is 0 Å². The number of carbonyl (C=O) groups excluding carboxylic acids is 1. The van der Waals surface area contributed by atoms with Crippen LogP contribution in [0.4, 0.5) is 0 Å². The molecule has 1 atom stereocenters. The molecule has 22 heavy (non-hydrogen) atoms. The molecule has 1 aliphatic rings. The lowest BCUT2D eigenvalue weighted by Crippen LogP contribution is -2.41. The number of benzene rings is 1. The molecule has 0 saturated carbocycles. The van der Waals surface area contributed by atoms with E-state index in [2.05, 4.69) is 23.6 Å². The van der Waals surface area contributed by atoms with Gasteiger partial charge in [-0.3, -0.25) is 4.79 Å². The second-order valence-electron chi connectivity index (χ2n) is 5.70. The van der Waals surface area contributed by atoms with Gasteiger partial charge in [0.2, 0.25) is 5.91 Å². The molecule has 1 fully saturated rings. The number of amides is 1. The summed E-state index contributed by atoms with van der Waals surface area (Å²) in [5.41, 5.74) is 2.43. The molecule has 2 heterocycles. The molecule has 0 radical (unpaired) electrons. The molecule has 3 rings (SSSR count). The number of hydrogen-bond donors (Lipinski definition) is 0. The van der Waals surface area contributed by atoms with E-state index in [1.807, 2.05) is 41.6 Å². The summed E-state index contributed by atoms with van der Waals surface area (Å²) in [4.78, 5) is 14.6. The molecule has 1 aromatic carbocycles. The quantitative estimate of drug-likeness (QED) is 0.869. The zero-order valence-corrected chi connectivity index (χ0v) is 12.9. The van der Waals surface area contributed by atoms with Crippen LogP contribution in [0.1, 0.15) is 23.6 Å². The highest BCUT2D eigenvalue weighted by atomic mass is 16.5. The minimum absolute atomic E-state index is 0.0477. The van der Waals surface area contributed by atoms with Crippen LogP contribution in [0.25, 0.3) is 0 Å². The van der Waals surface area contributed by atoms with Crippen molar-refractivity contribution in [3.63, 3.8) is 0 Å². The maximum atomic E-state index is 12.6. The maximum Gasteiger partial charge on any atom is 0.225 e. The number of hydrogen-bond acceptors (Lipinski definition) is 2. The lowest BCUT2D eigenvalue weighted by molar-refractivity contribution is -0.135. The first kappa shape index (κ1) is 14.9. The highest BCUT2D eigenvalue weighted by molar-refractivity contribution is 5.77. The van der Waals surface area contributed by atoms with Crippen molar-refractivity contribution in [3.05, 3.63) is 59.9 Å². The van der Waals surface area contributed by atoms with Gasteiger partial charge in [0.05, 0.1) is 25.7 Å². The maximum absolute atomic E-state index is 12.6. The summed E-state index contributed by atoms with van der Waals surface area (Å²) in [6, 6.07) is 12.4. The summed E-state index contributed by atoms with van der Waals surface area (Å²) in [6.45, 7) is 4.79. The Morgan fingerprint density at radius 3 is 2.50 bits per heavy atom. The molecule has 4 heteroatoms. The number of aryl methyl sites for hydroxylation is 1. The Hall–Kier alpha value is -2.07. The van der Waals surface area contributed by atoms with Gasteiger partial charge in [-0.1, -0.05) is 24.3 Å². The standard InChI is InChI=1S/C18H22N2O2/c1-15-6-2-3-7-16(15)17(19-8-4-5-9-19)14-18(21)20-10-12-22-13-11-20/h2-9,17H,10-14H2,1H3/t17-/m1/s1. The van der Waals surface area contributed by atoms with E-state index < -0.39 is 0 Å². The second kappa shape index (κ2) is 6.79. The van der Waals surface area contributed by atoms with E-state index in [4.69, 9.17) is 4.74 Å². The van der Waals surface area contributed by atoms with Crippen LogP contribution in [0.5, 0.6) is 0 Å². The molecule has 0 N–H and O–H groups in total. The molecule has 116 valence electrons. The second-order valence-corrected chi connectivity index (χ2v) is 5.70. The monoisotopic (exact) mass is 298 g/mol. The molecule has 1 aliphatic heterocycles. The molecule has 2 aromatic rings. The Balaban J connectivity index is 1.83. The number of carbonyl (C=O) groups is 1. The van der Waals surface area contributed by atoms with Crippen molar-refractivity contribution >= 4 is 5.91 Å². The zero-order chi connectivity index (χ0) is 15.4. The zero-order valence-electron chi connectivity index (χ0n) is 12.9. The number of nitrogens with zero attached hydrogens (tertiary/aromatic N) is 2. The summed E-state index contributed by atoms with van der Waals surface area (Å²) in [7, 11) is 0. The Morgan fingerprint density at radius 2 is 1.82 bits per heavy atom. The first-order chi connectivity index (χ1) is 10.8. The number of aromatic nitrogens is 1. The van der Waals surface area contributed by atoms with Gasteiger partial charge in [0.1, 0.15) is 0 Å². The van der Waals surface area contributed by atoms with Gasteiger partial charge in [0.25, 0.3) is 0 Å². The third-order valence-corrected chi connectivity index (χ3v) is 4.27. The largest absolute Gasteiger partial charge is 0.378 e. The van der Waals surface area contributed by atoms with Gasteiger partial charge in [-0.2, -0.15) is 0 Å². The Labute approximate surface area is 131 Å². The average molecular weight is 298 g/mol. The molecule has 1 saturated heterocycles. The van der Waals surface area contributed by atoms with Gasteiger partial charge in [0.15, 0.2) is 0 Å². The summed E-state index contributed by atoms with van der Waals surface area (Å²) in [6.07, 6.45) is 4.55. The lowest BCUT2D eigenvalue weighted by atomic mass is 9.98. The Kier molecular flexibility index (Phi) is 4.59. The summed E-state index contributed by atoms with van der Waals surface area (Å²) < 4.78 is 7.46. The molecular weight excluding hydrogens is 276 g/mol. The third-order valence-electron chi connectivity index (χ3n) is 4.27. The molecule has 0 aliphatic carbocycles. The third kappa shape index (κ3) is 3.22. The smallest absolute Gasteiger partial charge is 0.225 e. The first-order valence-electron chi connectivity index (χ1n) is 7.79. The van der Waals surface area contributed by atoms with Crippen molar-refractivity contribution in [2.75, 3.05) is 26.3 Å². The topological polar surface area (TPSA) is 34.5 Å². The van der Waals surface area contributed by atoms with Crippen molar-refractivity contribution in [2.24, 2.45) is 0 Å². The Morgan fingerprint density at radius 1 is 1.14 bits per heavy atom. The van der Waals surface area contributed by atoms with Gasteiger partial charge in [-0.15, -0.1) is 0 Å². The van der Waals surface area contributed by atoms with Gasteiger partial charge in [-0.05, 0) is 30.2 Å². The summed E-state index contributed by atoms with van der Waals surface area (Å²) in [5, 5.41) is 0. The molecule has 1 aromatic heterocycles. The van der Waals surface area contributed by atoms with Crippen LogP contribution in [0, 0.1) is 6.92 Å². The fraction of sp³-hybridized carbons (Fsp3) is 0.389. The molecule has 0 unspecified atom stereocenters. The van der Waals surface area contributed by atoms with E-state index in [1.54, 1.807) is 0 Å². The van der Waals surface area contributed by atoms with Crippen molar-refractivity contribution in [1.29, 1.82) is 0 Å². The van der Waals surface area contributed by atoms with Gasteiger partial charge >= 0.3 is 0 Å². The van der Waals surface area contributed by atoms with E-state index >= 15 is 0 Å². The highest BCUT2D eigenvalue weighted by Gasteiger charge is 2.23. The van der Waals surface area contributed by atoms with E-state index in [-0.39, 0.29) is 11.9 Å². The predicted octanol–water partition coefficient (Wildman–Crippen LogP) is 2.63. The van der Waals surface area contributed by atoms with Crippen molar-refractivity contribution < 1.29 is 9.53 Å². The molecule has 0 bridgehead atoms. The molecular formula is C18H22N2O2. The minimum Gasteiger partial charge on any atom is -0.378 e. The van der Waals surface area contributed by atoms with Crippen LogP contribution in [0.15, 0.2) is 48.8 Å². The van der Waals surface area contributed by atoms with Crippen molar-refractivity contribution in [3.8, 4) is 0 Å². The fourth-order valence-corrected chi connectivity index (χ4v) is 3.00. The van der Waals surface area contributed by atoms with E-state index in [9.17, 15) is 4.79 Å². The van der Waals surface area contributed by atoms with Gasteiger partial charge in [0, 0.05) is 25.5 Å². The van der Waals surface area contributed by atoms with Gasteiger partial charge < -0.3 is 14.2 Å². The van der Waals surface area contributed by atoms with E-state index in [1.165, 1.54) is 11.1 Å². The lowest BCUT2D eigenvalue weighted by Gasteiger charge is -2.29. The van der Waals surface area contributed by atoms with Crippen molar-refractivity contribution in [1.82, 2.24) is 9.47 Å². The Bertz CT molecular complexity index is 616. The minimum atomic E-state index is 0.0477. The summed E-state index contributed by atoms with van der Waals surface area (Å²) >= 11 is 0. The van der Waals surface area contributed by atoms with E-state index in [0.29, 0.717) is 32.7 Å². The average Bonchev–Trinajstić information content (AvgIpc) is 3.08. The van der Waals surface area contributed by atoms with E-state index in [0.717, 1.165) is 0 Å². The van der Waals surface area contributed by atoms with Crippen LogP contribution in [-0.4, -0.2) is 41.7 Å². The normalized spacial score (nSPS) is 16.5. The predicted molar refractivity (Wildman–Crippen MR) is 85.8 cm³/mol. The summed E-state index contributed by atoms with van der Waals surface area (Å²) in [5.74, 6) is 0.199.